The molecule has 4 heteroatoms. The zero-order valence-electron chi connectivity index (χ0n) is 8.92. The number of aryl methyl sites for hydroxylation is 1. The SMILES string of the molecule is Cc1ccc(Cn2cnc(C(=O)O)c2)cc1. The summed E-state index contributed by atoms with van der Waals surface area (Å²) in [6.45, 7) is 2.67. The highest BCUT2D eigenvalue weighted by molar-refractivity contribution is 5.84. The fourth-order valence-electron chi connectivity index (χ4n) is 1.46. The molecule has 0 bridgehead atoms. The second-order valence-electron chi connectivity index (χ2n) is 3.72. The summed E-state index contributed by atoms with van der Waals surface area (Å²) in [4.78, 5) is 14.4. The van der Waals surface area contributed by atoms with Gasteiger partial charge in [-0.1, -0.05) is 29.8 Å². The lowest BCUT2D eigenvalue weighted by Crippen LogP contribution is -1.98. The summed E-state index contributed by atoms with van der Waals surface area (Å²) in [5.74, 6) is -0.998. The van der Waals surface area contributed by atoms with Crippen LogP contribution in [0.15, 0.2) is 36.8 Å². The fraction of sp³-hybridized carbons (Fsp3) is 0.167. The molecule has 0 saturated heterocycles. The first kappa shape index (κ1) is 10.4. The number of benzene rings is 1. The minimum atomic E-state index is -0.998. The van der Waals surface area contributed by atoms with Gasteiger partial charge in [-0.3, -0.25) is 0 Å². The van der Waals surface area contributed by atoms with E-state index in [0.717, 1.165) is 5.56 Å². The van der Waals surface area contributed by atoms with Gasteiger partial charge >= 0.3 is 5.97 Å². The number of carbonyl (C=O) groups is 1. The quantitative estimate of drug-likeness (QED) is 0.853. The Bertz CT molecular complexity index is 500. The Hall–Kier alpha value is -2.10. The van der Waals surface area contributed by atoms with E-state index >= 15 is 0 Å². The van der Waals surface area contributed by atoms with E-state index in [9.17, 15) is 4.79 Å². The molecule has 0 aliphatic carbocycles. The number of carboxylic acids is 1. The molecule has 0 amide bonds. The molecule has 2 aromatic rings. The van der Waals surface area contributed by atoms with Crippen LogP contribution in [0.1, 0.15) is 21.6 Å². The van der Waals surface area contributed by atoms with Crippen LogP contribution < -0.4 is 0 Å². The molecule has 0 aliphatic rings. The Balaban J connectivity index is 2.14. The standard InChI is InChI=1S/C12H12N2O2/c1-9-2-4-10(5-3-9)6-14-7-11(12(15)16)13-8-14/h2-5,7-8H,6H2,1H3,(H,15,16). The van der Waals surface area contributed by atoms with E-state index in [1.54, 1.807) is 4.57 Å². The highest BCUT2D eigenvalue weighted by Crippen LogP contribution is 2.06. The van der Waals surface area contributed by atoms with E-state index in [1.807, 2.05) is 31.2 Å². The third-order valence-corrected chi connectivity index (χ3v) is 2.34. The molecular weight excluding hydrogens is 204 g/mol. The molecule has 16 heavy (non-hydrogen) atoms. The largest absolute Gasteiger partial charge is 0.476 e. The second-order valence-corrected chi connectivity index (χ2v) is 3.72. The van der Waals surface area contributed by atoms with Crippen molar-refractivity contribution >= 4 is 5.97 Å². The van der Waals surface area contributed by atoms with Crippen LogP contribution in [0.5, 0.6) is 0 Å². The topological polar surface area (TPSA) is 55.1 Å². The number of nitrogens with zero attached hydrogens (tertiary/aromatic N) is 2. The van der Waals surface area contributed by atoms with Crippen LogP contribution in [0, 0.1) is 6.92 Å². The molecule has 0 unspecified atom stereocenters. The zero-order valence-corrected chi connectivity index (χ0v) is 8.92. The molecule has 0 atom stereocenters. The zero-order chi connectivity index (χ0) is 11.5. The molecule has 1 N–H and O–H groups in total. The Morgan fingerprint density at radius 3 is 2.62 bits per heavy atom. The van der Waals surface area contributed by atoms with Gasteiger partial charge in [-0.15, -0.1) is 0 Å². The third kappa shape index (κ3) is 2.28. The van der Waals surface area contributed by atoms with E-state index in [2.05, 4.69) is 4.98 Å². The lowest BCUT2D eigenvalue weighted by atomic mass is 10.1. The van der Waals surface area contributed by atoms with Gasteiger partial charge in [0.25, 0.3) is 0 Å². The first-order chi connectivity index (χ1) is 7.65. The minimum Gasteiger partial charge on any atom is -0.476 e. The number of rotatable bonds is 3. The van der Waals surface area contributed by atoms with Crippen molar-refractivity contribution in [2.75, 3.05) is 0 Å². The number of hydrogen-bond acceptors (Lipinski definition) is 2. The summed E-state index contributed by atoms with van der Waals surface area (Å²) in [7, 11) is 0. The lowest BCUT2D eigenvalue weighted by Gasteiger charge is -2.02. The summed E-state index contributed by atoms with van der Waals surface area (Å²) < 4.78 is 1.76. The number of carboxylic acid groups (broad SMARTS) is 1. The van der Waals surface area contributed by atoms with E-state index in [4.69, 9.17) is 5.11 Å². The molecule has 4 nitrogen and oxygen atoms in total. The monoisotopic (exact) mass is 216 g/mol. The molecule has 1 aromatic carbocycles. The second kappa shape index (κ2) is 4.18. The number of aromatic carboxylic acids is 1. The van der Waals surface area contributed by atoms with Gasteiger partial charge in [0.1, 0.15) is 0 Å². The minimum absolute atomic E-state index is 0.0760. The van der Waals surface area contributed by atoms with Gasteiger partial charge in [0, 0.05) is 12.7 Å². The molecule has 1 heterocycles. The molecule has 0 spiro atoms. The van der Waals surface area contributed by atoms with Crippen LogP contribution in [0.2, 0.25) is 0 Å². The van der Waals surface area contributed by atoms with Gasteiger partial charge in [0.05, 0.1) is 6.33 Å². The molecule has 82 valence electrons. The predicted octanol–water partition coefficient (Wildman–Crippen LogP) is 1.94. The Morgan fingerprint density at radius 1 is 1.38 bits per heavy atom. The van der Waals surface area contributed by atoms with Gasteiger partial charge in [-0.2, -0.15) is 0 Å². The Labute approximate surface area is 93.2 Å². The molecule has 1 aromatic heterocycles. The Kier molecular flexibility index (Phi) is 2.72. The van der Waals surface area contributed by atoms with Crippen molar-refractivity contribution in [3.8, 4) is 0 Å². The van der Waals surface area contributed by atoms with Gasteiger partial charge in [-0.25, -0.2) is 9.78 Å². The van der Waals surface area contributed by atoms with Gasteiger partial charge in [0.2, 0.25) is 0 Å². The summed E-state index contributed by atoms with van der Waals surface area (Å²) in [6, 6.07) is 8.11. The molecule has 0 radical (unpaired) electrons. The van der Waals surface area contributed by atoms with E-state index < -0.39 is 5.97 Å². The maximum absolute atomic E-state index is 10.6. The van der Waals surface area contributed by atoms with Crippen molar-refractivity contribution in [3.05, 3.63) is 53.6 Å². The molecular formula is C12H12N2O2. The summed E-state index contributed by atoms with van der Waals surface area (Å²) in [6.07, 6.45) is 3.06. The average Bonchev–Trinajstić information content (AvgIpc) is 2.70. The van der Waals surface area contributed by atoms with Crippen molar-refractivity contribution in [1.29, 1.82) is 0 Å². The smallest absolute Gasteiger partial charge is 0.356 e. The summed E-state index contributed by atoms with van der Waals surface area (Å²) in [5.41, 5.74) is 2.41. The third-order valence-electron chi connectivity index (χ3n) is 2.34. The maximum atomic E-state index is 10.6. The summed E-state index contributed by atoms with van der Waals surface area (Å²) >= 11 is 0. The molecule has 0 aliphatic heterocycles. The lowest BCUT2D eigenvalue weighted by molar-refractivity contribution is 0.0691. The van der Waals surface area contributed by atoms with Crippen molar-refractivity contribution in [2.45, 2.75) is 13.5 Å². The number of aromatic nitrogens is 2. The normalized spacial score (nSPS) is 10.3. The van der Waals surface area contributed by atoms with Crippen LogP contribution in [-0.4, -0.2) is 20.6 Å². The molecule has 0 fully saturated rings. The van der Waals surface area contributed by atoms with E-state index in [-0.39, 0.29) is 5.69 Å². The molecule has 2 rings (SSSR count). The van der Waals surface area contributed by atoms with Crippen LogP contribution in [-0.2, 0) is 6.54 Å². The average molecular weight is 216 g/mol. The van der Waals surface area contributed by atoms with Gasteiger partial charge in [0.15, 0.2) is 5.69 Å². The van der Waals surface area contributed by atoms with Crippen molar-refractivity contribution < 1.29 is 9.90 Å². The van der Waals surface area contributed by atoms with Crippen LogP contribution >= 0.6 is 0 Å². The van der Waals surface area contributed by atoms with Crippen LogP contribution in [0.4, 0.5) is 0 Å². The fourth-order valence-corrected chi connectivity index (χ4v) is 1.46. The van der Waals surface area contributed by atoms with Gasteiger partial charge in [-0.05, 0) is 12.5 Å². The highest BCUT2D eigenvalue weighted by Gasteiger charge is 2.06. The number of imidazole rings is 1. The van der Waals surface area contributed by atoms with Crippen molar-refractivity contribution in [2.24, 2.45) is 0 Å². The Morgan fingerprint density at radius 2 is 2.06 bits per heavy atom. The number of hydrogen-bond donors (Lipinski definition) is 1. The first-order valence-electron chi connectivity index (χ1n) is 4.96. The highest BCUT2D eigenvalue weighted by atomic mass is 16.4. The summed E-state index contributed by atoms with van der Waals surface area (Å²) in [5, 5.41) is 8.72. The van der Waals surface area contributed by atoms with Crippen LogP contribution in [0.3, 0.4) is 0 Å². The maximum Gasteiger partial charge on any atom is 0.356 e. The van der Waals surface area contributed by atoms with Crippen molar-refractivity contribution in [3.63, 3.8) is 0 Å². The van der Waals surface area contributed by atoms with E-state index in [1.165, 1.54) is 18.1 Å². The van der Waals surface area contributed by atoms with Gasteiger partial charge < -0.3 is 9.67 Å². The van der Waals surface area contributed by atoms with E-state index in [0.29, 0.717) is 6.54 Å². The van der Waals surface area contributed by atoms with Crippen molar-refractivity contribution in [1.82, 2.24) is 9.55 Å². The van der Waals surface area contributed by atoms with Crippen LogP contribution in [0.25, 0.3) is 0 Å². The predicted molar refractivity (Wildman–Crippen MR) is 59.5 cm³/mol. The molecule has 0 saturated carbocycles. The first-order valence-corrected chi connectivity index (χ1v) is 4.96.